The van der Waals surface area contributed by atoms with Gasteiger partial charge in [-0.1, -0.05) is 23.7 Å². The molecule has 8 heteroatoms. The van der Waals surface area contributed by atoms with E-state index in [2.05, 4.69) is 33.8 Å². The summed E-state index contributed by atoms with van der Waals surface area (Å²) in [5.74, 6) is 0. The van der Waals surface area contributed by atoms with Gasteiger partial charge in [-0.3, -0.25) is 9.36 Å². The largest absolute Gasteiger partial charge is 0.362 e. The molecule has 0 spiro atoms. The molecule has 0 radical (unpaired) electrons. The summed E-state index contributed by atoms with van der Waals surface area (Å²) in [5.41, 5.74) is 4.23. The van der Waals surface area contributed by atoms with Crippen LogP contribution in [-0.4, -0.2) is 31.2 Å². The minimum atomic E-state index is 0.592. The summed E-state index contributed by atoms with van der Waals surface area (Å²) < 4.78 is 3.88. The lowest BCUT2D eigenvalue weighted by Crippen LogP contribution is -2.29. The Balaban J connectivity index is 1.41. The van der Waals surface area contributed by atoms with Gasteiger partial charge in [0.15, 0.2) is 5.11 Å². The van der Waals surface area contributed by atoms with Gasteiger partial charge >= 0.3 is 0 Å². The molecule has 0 amide bonds. The third-order valence-electron chi connectivity index (χ3n) is 4.08. The third kappa shape index (κ3) is 5.80. The zero-order chi connectivity index (χ0) is 19.2. The van der Waals surface area contributed by atoms with Crippen molar-refractivity contribution in [1.29, 1.82) is 0 Å². The lowest BCUT2D eigenvalue weighted by molar-refractivity contribution is 0.558. The fraction of sp³-hybridized carbons (Fsp3) is 0.316. The van der Waals surface area contributed by atoms with Gasteiger partial charge in [0.2, 0.25) is 0 Å². The van der Waals surface area contributed by atoms with Gasteiger partial charge in [0.05, 0.1) is 24.1 Å². The average molecular weight is 403 g/mol. The molecule has 142 valence electrons. The number of thiocarbonyl (C=S) groups is 1. The van der Waals surface area contributed by atoms with E-state index in [0.29, 0.717) is 11.7 Å². The summed E-state index contributed by atoms with van der Waals surface area (Å²) in [6.45, 7) is 6.41. The first-order chi connectivity index (χ1) is 13.0. The van der Waals surface area contributed by atoms with Crippen molar-refractivity contribution in [3.8, 4) is 0 Å². The molecule has 27 heavy (non-hydrogen) atoms. The van der Waals surface area contributed by atoms with Crippen molar-refractivity contribution in [1.82, 2.24) is 24.9 Å². The number of nitrogens with one attached hydrogen (secondary N) is 2. The first kappa shape index (κ1) is 19.4. The Morgan fingerprint density at radius 1 is 1.22 bits per heavy atom. The van der Waals surface area contributed by atoms with E-state index in [1.807, 2.05) is 46.7 Å². The molecular weight excluding hydrogens is 380 g/mol. The van der Waals surface area contributed by atoms with Crippen LogP contribution in [0.1, 0.15) is 23.4 Å². The Kier molecular flexibility index (Phi) is 6.47. The summed E-state index contributed by atoms with van der Waals surface area (Å²) in [5, 5.41) is 16.5. The smallest absolute Gasteiger partial charge is 0.170 e. The molecule has 3 rings (SSSR count). The second-order valence-corrected chi connectivity index (χ2v) is 7.28. The maximum Gasteiger partial charge on any atom is 0.170 e. The van der Waals surface area contributed by atoms with Crippen LogP contribution < -0.4 is 10.6 Å². The molecule has 0 bridgehead atoms. The average Bonchev–Trinajstić information content (AvgIpc) is 3.19. The van der Waals surface area contributed by atoms with E-state index >= 15 is 0 Å². The Bertz CT molecular complexity index is 899. The minimum Gasteiger partial charge on any atom is -0.362 e. The van der Waals surface area contributed by atoms with Gasteiger partial charge in [-0.25, -0.2) is 0 Å². The van der Waals surface area contributed by atoms with Crippen LogP contribution in [0, 0.1) is 13.8 Å². The number of halogens is 1. The standard InChI is InChI=1S/C19H23ClN6S/c1-14-10-15(2)26(24-14)9-3-8-21-19(27)23-18-11-22-25(13-18)12-16-4-6-17(20)7-5-16/h4-7,10-11,13H,3,8-9,12H2,1-2H3,(H2,21,23,27). The number of benzene rings is 1. The summed E-state index contributed by atoms with van der Waals surface area (Å²) in [7, 11) is 0. The molecule has 0 atom stereocenters. The van der Waals surface area contributed by atoms with Crippen LogP contribution in [0.15, 0.2) is 42.7 Å². The van der Waals surface area contributed by atoms with Gasteiger partial charge in [-0.2, -0.15) is 10.2 Å². The van der Waals surface area contributed by atoms with Crippen molar-refractivity contribution in [2.75, 3.05) is 11.9 Å². The summed E-state index contributed by atoms with van der Waals surface area (Å²) in [6, 6.07) is 9.83. The molecule has 0 unspecified atom stereocenters. The number of aryl methyl sites for hydroxylation is 3. The van der Waals surface area contributed by atoms with Crippen molar-refractivity contribution in [2.45, 2.75) is 33.4 Å². The second kappa shape index (κ2) is 9.01. The van der Waals surface area contributed by atoms with Crippen molar-refractivity contribution in [3.05, 3.63) is 64.7 Å². The first-order valence-electron chi connectivity index (χ1n) is 8.82. The Labute approximate surface area is 169 Å². The SMILES string of the molecule is Cc1cc(C)n(CCCNC(=S)Nc2cnn(Cc3ccc(Cl)cc3)c2)n1. The van der Waals surface area contributed by atoms with Crippen LogP contribution in [0.5, 0.6) is 0 Å². The predicted molar refractivity (Wildman–Crippen MR) is 113 cm³/mol. The van der Waals surface area contributed by atoms with Crippen LogP contribution >= 0.6 is 23.8 Å². The van der Waals surface area contributed by atoms with Gasteiger partial charge < -0.3 is 10.6 Å². The molecule has 2 aromatic heterocycles. The molecular formula is C19H23ClN6S. The molecule has 0 aliphatic carbocycles. The van der Waals surface area contributed by atoms with E-state index in [1.165, 1.54) is 5.69 Å². The van der Waals surface area contributed by atoms with E-state index in [-0.39, 0.29) is 0 Å². The summed E-state index contributed by atoms with van der Waals surface area (Å²) in [4.78, 5) is 0. The van der Waals surface area contributed by atoms with Crippen LogP contribution in [0.25, 0.3) is 0 Å². The Hall–Kier alpha value is -2.38. The van der Waals surface area contributed by atoms with Crippen LogP contribution in [0.2, 0.25) is 5.02 Å². The number of rotatable bonds is 7. The highest BCUT2D eigenvalue weighted by atomic mass is 35.5. The van der Waals surface area contributed by atoms with E-state index < -0.39 is 0 Å². The van der Waals surface area contributed by atoms with Crippen LogP contribution in [0.4, 0.5) is 5.69 Å². The number of hydrogen-bond acceptors (Lipinski definition) is 3. The maximum absolute atomic E-state index is 5.91. The maximum atomic E-state index is 5.91. The monoisotopic (exact) mass is 402 g/mol. The normalized spacial score (nSPS) is 10.8. The molecule has 3 aromatic rings. The second-order valence-electron chi connectivity index (χ2n) is 6.44. The van der Waals surface area contributed by atoms with Crippen molar-refractivity contribution < 1.29 is 0 Å². The first-order valence-corrected chi connectivity index (χ1v) is 9.61. The van der Waals surface area contributed by atoms with Crippen molar-refractivity contribution in [3.63, 3.8) is 0 Å². The van der Waals surface area contributed by atoms with Gasteiger partial charge in [0.1, 0.15) is 0 Å². The van der Waals surface area contributed by atoms with Crippen LogP contribution in [0.3, 0.4) is 0 Å². The third-order valence-corrected chi connectivity index (χ3v) is 4.58. The van der Waals surface area contributed by atoms with Gasteiger partial charge in [0.25, 0.3) is 0 Å². The van der Waals surface area contributed by atoms with Gasteiger partial charge in [-0.05, 0) is 56.2 Å². The molecule has 0 aliphatic heterocycles. The van der Waals surface area contributed by atoms with E-state index in [1.54, 1.807) is 6.20 Å². The van der Waals surface area contributed by atoms with E-state index in [0.717, 1.165) is 41.5 Å². The van der Waals surface area contributed by atoms with E-state index in [9.17, 15) is 0 Å². The number of hydrogen-bond donors (Lipinski definition) is 2. The quantitative estimate of drug-likeness (QED) is 0.465. The number of aromatic nitrogens is 4. The zero-order valence-electron chi connectivity index (χ0n) is 15.4. The molecule has 0 saturated heterocycles. The molecule has 0 fully saturated rings. The van der Waals surface area contributed by atoms with Gasteiger partial charge in [-0.15, -0.1) is 0 Å². The highest BCUT2D eigenvalue weighted by Crippen LogP contribution is 2.12. The minimum absolute atomic E-state index is 0.592. The van der Waals surface area contributed by atoms with Crippen molar-refractivity contribution >= 4 is 34.6 Å². The fourth-order valence-electron chi connectivity index (χ4n) is 2.80. The van der Waals surface area contributed by atoms with Crippen LogP contribution in [-0.2, 0) is 13.1 Å². The lowest BCUT2D eigenvalue weighted by Gasteiger charge is -2.09. The Morgan fingerprint density at radius 2 is 2.00 bits per heavy atom. The van der Waals surface area contributed by atoms with Crippen molar-refractivity contribution in [2.24, 2.45) is 0 Å². The molecule has 0 saturated carbocycles. The molecule has 0 aliphatic rings. The molecule has 6 nitrogen and oxygen atoms in total. The number of anilines is 1. The Morgan fingerprint density at radius 3 is 2.70 bits per heavy atom. The topological polar surface area (TPSA) is 59.7 Å². The number of nitrogens with zero attached hydrogens (tertiary/aromatic N) is 4. The highest BCUT2D eigenvalue weighted by Gasteiger charge is 2.03. The van der Waals surface area contributed by atoms with E-state index in [4.69, 9.17) is 23.8 Å². The molecule has 1 aromatic carbocycles. The molecule has 2 heterocycles. The predicted octanol–water partition coefficient (Wildman–Crippen LogP) is 3.77. The lowest BCUT2D eigenvalue weighted by atomic mass is 10.2. The fourth-order valence-corrected chi connectivity index (χ4v) is 3.14. The zero-order valence-corrected chi connectivity index (χ0v) is 17.0. The highest BCUT2D eigenvalue weighted by molar-refractivity contribution is 7.80. The van der Waals surface area contributed by atoms with Gasteiger partial charge in [0, 0.05) is 30.0 Å². The summed E-state index contributed by atoms with van der Waals surface area (Å²) >= 11 is 11.3. The molecule has 2 N–H and O–H groups in total. The summed E-state index contributed by atoms with van der Waals surface area (Å²) in [6.07, 6.45) is 4.64.